The molecular formula is C7H13FO. The summed E-state index contributed by atoms with van der Waals surface area (Å²) in [6.07, 6.45) is 2.33. The molecule has 1 aliphatic carbocycles. The summed E-state index contributed by atoms with van der Waals surface area (Å²) in [6.45, 7) is 1.48. The zero-order chi connectivity index (χ0) is 6.91. The lowest BCUT2D eigenvalue weighted by Gasteiger charge is -2.30. The molecular weight excluding hydrogens is 119 g/mol. The summed E-state index contributed by atoms with van der Waals surface area (Å²) in [7, 11) is 0. The summed E-state index contributed by atoms with van der Waals surface area (Å²) in [5.41, 5.74) is -1.31. The Kier molecular flexibility index (Phi) is 1.75. The van der Waals surface area contributed by atoms with Gasteiger partial charge in [0, 0.05) is 0 Å². The van der Waals surface area contributed by atoms with Crippen LogP contribution in [-0.2, 0) is 0 Å². The summed E-state index contributed by atoms with van der Waals surface area (Å²) in [5.74, 6) is 0. The molecule has 0 aromatic carbocycles. The average molecular weight is 132 g/mol. The minimum absolute atomic E-state index is 0.522. The highest BCUT2D eigenvalue weighted by molar-refractivity contribution is 4.85. The van der Waals surface area contributed by atoms with E-state index in [1.165, 1.54) is 6.92 Å². The van der Waals surface area contributed by atoms with E-state index in [2.05, 4.69) is 0 Å². The first-order chi connectivity index (χ1) is 4.13. The number of aliphatic hydroxyl groups is 1. The fraction of sp³-hybridized carbons (Fsp3) is 1.00. The Hall–Kier alpha value is -0.110. The zero-order valence-corrected chi connectivity index (χ0v) is 5.73. The van der Waals surface area contributed by atoms with Gasteiger partial charge in [0.1, 0.15) is 5.67 Å². The van der Waals surface area contributed by atoms with Gasteiger partial charge in [-0.15, -0.1) is 0 Å². The van der Waals surface area contributed by atoms with Crippen molar-refractivity contribution in [2.75, 3.05) is 0 Å². The first-order valence-electron chi connectivity index (χ1n) is 3.50. The van der Waals surface area contributed by atoms with Crippen molar-refractivity contribution in [1.29, 1.82) is 0 Å². The van der Waals surface area contributed by atoms with Crippen LogP contribution in [0.15, 0.2) is 0 Å². The molecule has 0 bridgehead atoms. The van der Waals surface area contributed by atoms with Gasteiger partial charge in [-0.3, -0.25) is 0 Å². The number of aliphatic hydroxyl groups excluding tert-OH is 1. The SMILES string of the molecule is CC1(F)CCCC[C@H]1O. The van der Waals surface area contributed by atoms with Crippen molar-refractivity contribution in [3.05, 3.63) is 0 Å². The Labute approximate surface area is 54.9 Å². The van der Waals surface area contributed by atoms with Crippen molar-refractivity contribution < 1.29 is 9.50 Å². The van der Waals surface area contributed by atoms with E-state index >= 15 is 0 Å². The maximum atomic E-state index is 13.0. The largest absolute Gasteiger partial charge is 0.390 e. The van der Waals surface area contributed by atoms with Crippen LogP contribution in [0.5, 0.6) is 0 Å². The van der Waals surface area contributed by atoms with Crippen LogP contribution in [0.25, 0.3) is 0 Å². The second-order valence-corrected chi connectivity index (χ2v) is 3.04. The van der Waals surface area contributed by atoms with Gasteiger partial charge in [-0.1, -0.05) is 12.8 Å². The minimum atomic E-state index is -1.31. The number of hydrogen-bond donors (Lipinski definition) is 1. The first kappa shape index (κ1) is 7.00. The smallest absolute Gasteiger partial charge is 0.134 e. The highest BCUT2D eigenvalue weighted by Crippen LogP contribution is 2.31. The third kappa shape index (κ3) is 1.42. The molecule has 1 fully saturated rings. The van der Waals surface area contributed by atoms with Crippen LogP contribution in [0.4, 0.5) is 4.39 Å². The predicted octanol–water partition coefficient (Wildman–Crippen LogP) is 1.65. The molecule has 2 heteroatoms. The van der Waals surface area contributed by atoms with Gasteiger partial charge in [0.05, 0.1) is 6.10 Å². The molecule has 1 aliphatic rings. The summed E-state index contributed by atoms with van der Waals surface area (Å²) >= 11 is 0. The van der Waals surface area contributed by atoms with E-state index in [4.69, 9.17) is 5.11 Å². The lowest BCUT2D eigenvalue weighted by molar-refractivity contribution is -0.0268. The maximum Gasteiger partial charge on any atom is 0.134 e. The van der Waals surface area contributed by atoms with E-state index in [1.54, 1.807) is 0 Å². The molecule has 0 saturated heterocycles. The molecule has 0 amide bonds. The fourth-order valence-corrected chi connectivity index (χ4v) is 1.28. The van der Waals surface area contributed by atoms with Gasteiger partial charge in [0.15, 0.2) is 0 Å². The van der Waals surface area contributed by atoms with Crippen LogP contribution < -0.4 is 0 Å². The van der Waals surface area contributed by atoms with E-state index < -0.39 is 11.8 Å². The summed E-state index contributed by atoms with van der Waals surface area (Å²) in [6, 6.07) is 0. The summed E-state index contributed by atoms with van der Waals surface area (Å²) in [4.78, 5) is 0. The van der Waals surface area contributed by atoms with Crippen molar-refractivity contribution in [2.24, 2.45) is 0 Å². The standard InChI is InChI=1S/C7H13FO/c1-7(8)5-3-2-4-6(7)9/h6,9H,2-5H2,1H3/t6-,7?/m1/s1. The van der Waals surface area contributed by atoms with Crippen molar-refractivity contribution in [2.45, 2.75) is 44.4 Å². The quantitative estimate of drug-likeness (QED) is 0.531. The van der Waals surface area contributed by atoms with Gasteiger partial charge in [0.2, 0.25) is 0 Å². The Morgan fingerprint density at radius 1 is 1.56 bits per heavy atom. The maximum absolute atomic E-state index is 13.0. The second-order valence-electron chi connectivity index (χ2n) is 3.04. The number of hydrogen-bond acceptors (Lipinski definition) is 1. The van der Waals surface area contributed by atoms with Crippen molar-refractivity contribution >= 4 is 0 Å². The van der Waals surface area contributed by atoms with Crippen LogP contribution >= 0.6 is 0 Å². The highest BCUT2D eigenvalue weighted by atomic mass is 19.1. The van der Waals surface area contributed by atoms with E-state index in [-0.39, 0.29) is 0 Å². The summed E-state index contributed by atoms with van der Waals surface area (Å²) in [5, 5.41) is 9.06. The monoisotopic (exact) mass is 132 g/mol. The molecule has 1 nitrogen and oxygen atoms in total. The van der Waals surface area contributed by atoms with Gasteiger partial charge < -0.3 is 5.11 Å². The van der Waals surface area contributed by atoms with Gasteiger partial charge >= 0.3 is 0 Å². The van der Waals surface area contributed by atoms with Crippen LogP contribution in [-0.4, -0.2) is 16.9 Å². The normalized spacial score (nSPS) is 45.0. The van der Waals surface area contributed by atoms with Crippen LogP contribution in [0, 0.1) is 0 Å². The molecule has 1 N–H and O–H groups in total. The molecule has 0 heterocycles. The summed E-state index contributed by atoms with van der Waals surface area (Å²) < 4.78 is 13.0. The molecule has 2 atom stereocenters. The van der Waals surface area contributed by atoms with E-state index in [0.717, 1.165) is 12.8 Å². The second kappa shape index (κ2) is 2.25. The fourth-order valence-electron chi connectivity index (χ4n) is 1.28. The van der Waals surface area contributed by atoms with Gasteiger partial charge in [-0.25, -0.2) is 4.39 Å². The molecule has 0 aromatic heterocycles. The topological polar surface area (TPSA) is 20.2 Å². The van der Waals surface area contributed by atoms with E-state index in [1.807, 2.05) is 0 Å². The highest BCUT2D eigenvalue weighted by Gasteiger charge is 2.34. The molecule has 0 aromatic rings. The molecule has 1 rings (SSSR count). The minimum Gasteiger partial charge on any atom is -0.390 e. The first-order valence-corrected chi connectivity index (χ1v) is 3.50. The van der Waals surface area contributed by atoms with Crippen LogP contribution in [0.1, 0.15) is 32.6 Å². The molecule has 1 saturated carbocycles. The van der Waals surface area contributed by atoms with Crippen molar-refractivity contribution in [3.8, 4) is 0 Å². The van der Waals surface area contributed by atoms with E-state index in [0.29, 0.717) is 12.8 Å². The number of halogens is 1. The van der Waals surface area contributed by atoms with Gasteiger partial charge in [0.25, 0.3) is 0 Å². The van der Waals surface area contributed by atoms with Crippen molar-refractivity contribution in [3.63, 3.8) is 0 Å². The molecule has 0 spiro atoms. The molecule has 0 aliphatic heterocycles. The third-order valence-electron chi connectivity index (χ3n) is 2.09. The number of alkyl halides is 1. The molecule has 0 radical (unpaired) electrons. The van der Waals surface area contributed by atoms with Crippen LogP contribution in [0.2, 0.25) is 0 Å². The Morgan fingerprint density at radius 3 is 2.56 bits per heavy atom. The Balaban J connectivity index is 2.49. The Bertz CT molecular complexity index is 101. The Morgan fingerprint density at radius 2 is 2.22 bits per heavy atom. The van der Waals surface area contributed by atoms with Crippen LogP contribution in [0.3, 0.4) is 0 Å². The van der Waals surface area contributed by atoms with Gasteiger partial charge in [-0.2, -0.15) is 0 Å². The predicted molar refractivity (Wildman–Crippen MR) is 34.0 cm³/mol. The average Bonchev–Trinajstić information content (AvgIpc) is 1.77. The van der Waals surface area contributed by atoms with Gasteiger partial charge in [-0.05, 0) is 19.8 Å². The zero-order valence-electron chi connectivity index (χ0n) is 5.73. The molecule has 1 unspecified atom stereocenters. The van der Waals surface area contributed by atoms with E-state index in [9.17, 15) is 4.39 Å². The molecule has 9 heavy (non-hydrogen) atoms. The lowest BCUT2D eigenvalue weighted by Crippen LogP contribution is -2.37. The third-order valence-corrected chi connectivity index (χ3v) is 2.09. The van der Waals surface area contributed by atoms with Crippen molar-refractivity contribution in [1.82, 2.24) is 0 Å². The number of rotatable bonds is 0. The lowest BCUT2D eigenvalue weighted by atomic mass is 9.85. The molecule has 54 valence electrons.